The highest BCUT2D eigenvalue weighted by Crippen LogP contribution is 2.34. The van der Waals surface area contributed by atoms with Crippen LogP contribution in [0.3, 0.4) is 0 Å². The number of hydrazone groups is 1. The predicted octanol–water partition coefficient (Wildman–Crippen LogP) is 7.00. The summed E-state index contributed by atoms with van der Waals surface area (Å²) < 4.78 is 3.95. The number of hydrogen-bond acceptors (Lipinski definition) is 4. The van der Waals surface area contributed by atoms with E-state index in [9.17, 15) is 4.79 Å². The van der Waals surface area contributed by atoms with E-state index in [2.05, 4.69) is 36.8 Å². The summed E-state index contributed by atoms with van der Waals surface area (Å²) in [4.78, 5) is 23.0. The number of pyridine rings is 1. The van der Waals surface area contributed by atoms with Gasteiger partial charge in [-0.3, -0.25) is 9.78 Å². The van der Waals surface area contributed by atoms with Crippen molar-refractivity contribution in [3.05, 3.63) is 117 Å². The van der Waals surface area contributed by atoms with E-state index in [1.165, 1.54) is 0 Å². The van der Waals surface area contributed by atoms with Gasteiger partial charge in [0.1, 0.15) is 12.4 Å². The fourth-order valence-electron chi connectivity index (χ4n) is 4.66. The highest BCUT2D eigenvalue weighted by Gasteiger charge is 2.33. The molecule has 3 aromatic carbocycles. The van der Waals surface area contributed by atoms with Crippen molar-refractivity contribution in [2.75, 3.05) is 0 Å². The van der Waals surface area contributed by atoms with Gasteiger partial charge in [-0.05, 0) is 59.7 Å². The van der Waals surface area contributed by atoms with Gasteiger partial charge in [0.2, 0.25) is 0 Å². The van der Waals surface area contributed by atoms with E-state index in [0.29, 0.717) is 12.2 Å². The van der Waals surface area contributed by atoms with Crippen molar-refractivity contribution in [3.63, 3.8) is 0 Å². The van der Waals surface area contributed by atoms with Crippen LogP contribution < -0.4 is 0 Å². The summed E-state index contributed by atoms with van der Waals surface area (Å²) in [6, 6.07) is 27.6. The van der Waals surface area contributed by atoms with Gasteiger partial charge >= 0.3 is 0 Å². The van der Waals surface area contributed by atoms with Crippen LogP contribution in [0.5, 0.6) is 0 Å². The second kappa shape index (κ2) is 10.0. The first-order valence-electron chi connectivity index (χ1n) is 11.8. The number of para-hydroxylation sites is 2. The summed E-state index contributed by atoms with van der Waals surface area (Å²) in [6.45, 7) is 0.106. The Bertz CT molecular complexity index is 1610. The Morgan fingerprint density at radius 1 is 0.865 bits per heavy atom. The van der Waals surface area contributed by atoms with Gasteiger partial charge in [-0.1, -0.05) is 68.3 Å². The van der Waals surface area contributed by atoms with Gasteiger partial charge in [-0.15, -0.1) is 0 Å². The van der Waals surface area contributed by atoms with E-state index < -0.39 is 0 Å². The molecule has 6 nitrogen and oxygen atoms in total. The van der Waals surface area contributed by atoms with E-state index in [-0.39, 0.29) is 18.5 Å². The molecule has 1 aliphatic heterocycles. The van der Waals surface area contributed by atoms with Gasteiger partial charge in [-0.25, -0.2) is 9.99 Å². The van der Waals surface area contributed by atoms with E-state index in [1.807, 2.05) is 89.5 Å². The summed E-state index contributed by atoms with van der Waals surface area (Å²) in [5, 5.41) is 6.50. The molecule has 5 aromatic rings. The molecule has 0 radical (unpaired) electrons. The van der Waals surface area contributed by atoms with Gasteiger partial charge < -0.3 is 4.57 Å². The van der Waals surface area contributed by atoms with Gasteiger partial charge in [0, 0.05) is 33.3 Å². The van der Waals surface area contributed by atoms with Crippen molar-refractivity contribution in [2.24, 2.45) is 5.10 Å². The summed E-state index contributed by atoms with van der Waals surface area (Å²) in [6.07, 6.45) is 4.13. The average molecular weight is 615 g/mol. The zero-order valence-corrected chi connectivity index (χ0v) is 22.8. The van der Waals surface area contributed by atoms with Crippen molar-refractivity contribution >= 4 is 54.5 Å². The molecule has 0 aliphatic carbocycles. The van der Waals surface area contributed by atoms with Crippen molar-refractivity contribution in [1.82, 2.24) is 19.5 Å². The summed E-state index contributed by atoms with van der Waals surface area (Å²) in [7, 11) is 0. The third-order valence-electron chi connectivity index (χ3n) is 6.47. The number of benzene rings is 3. The maximum absolute atomic E-state index is 14.0. The summed E-state index contributed by atoms with van der Waals surface area (Å²) in [5.74, 6) is 0.604. The van der Waals surface area contributed by atoms with Crippen LogP contribution in [0.2, 0.25) is 0 Å². The molecule has 0 spiro atoms. The molecule has 37 heavy (non-hydrogen) atoms. The lowest BCUT2D eigenvalue weighted by molar-refractivity contribution is -0.133. The molecule has 1 unspecified atom stereocenters. The topological polar surface area (TPSA) is 63.4 Å². The molecule has 1 atom stereocenters. The van der Waals surface area contributed by atoms with E-state index >= 15 is 0 Å². The largest absolute Gasteiger partial charge is 0.314 e. The minimum atomic E-state index is -0.198. The van der Waals surface area contributed by atoms with Gasteiger partial charge in [0.25, 0.3) is 5.91 Å². The number of imidazole rings is 1. The van der Waals surface area contributed by atoms with Gasteiger partial charge in [0.05, 0.1) is 22.8 Å². The number of halogens is 2. The molecule has 182 valence electrons. The Labute approximate surface area is 230 Å². The normalized spacial score (nSPS) is 15.2. The quantitative estimate of drug-likeness (QED) is 0.214. The number of hydrogen-bond donors (Lipinski definition) is 0. The maximum Gasteiger partial charge on any atom is 0.263 e. The standard InChI is InChI=1S/C29H21Br2N5O/c30-22-11-7-19(8-12-22)25-16-27(20-9-13-23(31)14-10-20)36(34-25)28(37)18-35-26-6-2-1-5-24(26)33-29(35)21-4-3-15-32-17-21/h1-15,17,27H,16,18H2. The predicted molar refractivity (Wildman–Crippen MR) is 152 cm³/mol. The monoisotopic (exact) mass is 613 g/mol. The smallest absolute Gasteiger partial charge is 0.263 e. The second-order valence-electron chi connectivity index (χ2n) is 8.82. The zero-order valence-electron chi connectivity index (χ0n) is 19.6. The molecule has 0 saturated heterocycles. The molecular formula is C29H21Br2N5O. The minimum Gasteiger partial charge on any atom is -0.314 e. The first-order valence-corrected chi connectivity index (χ1v) is 13.4. The molecule has 0 N–H and O–H groups in total. The number of aromatic nitrogens is 3. The molecule has 0 bridgehead atoms. The Balaban J connectivity index is 1.40. The van der Waals surface area contributed by atoms with E-state index in [0.717, 1.165) is 42.4 Å². The Morgan fingerprint density at radius 2 is 1.59 bits per heavy atom. The van der Waals surface area contributed by atoms with Crippen LogP contribution in [-0.2, 0) is 11.3 Å². The molecule has 8 heteroatoms. The number of fused-ring (bicyclic) bond motifs is 1. The lowest BCUT2D eigenvalue weighted by Gasteiger charge is -2.23. The highest BCUT2D eigenvalue weighted by atomic mass is 79.9. The molecular weight excluding hydrogens is 594 g/mol. The van der Waals surface area contributed by atoms with Crippen molar-refractivity contribution in [3.8, 4) is 11.4 Å². The lowest BCUT2D eigenvalue weighted by Crippen LogP contribution is -2.30. The van der Waals surface area contributed by atoms with E-state index in [1.54, 1.807) is 17.4 Å². The average Bonchev–Trinajstić information content (AvgIpc) is 3.53. The van der Waals surface area contributed by atoms with E-state index in [4.69, 9.17) is 10.1 Å². The molecule has 0 fully saturated rings. The van der Waals surface area contributed by atoms with Crippen LogP contribution in [0.15, 0.2) is 111 Å². The van der Waals surface area contributed by atoms with Crippen molar-refractivity contribution in [1.29, 1.82) is 0 Å². The number of carbonyl (C=O) groups excluding carboxylic acids is 1. The minimum absolute atomic E-state index is 0.103. The van der Waals surface area contributed by atoms with Gasteiger partial charge in [-0.2, -0.15) is 5.10 Å². The fourth-order valence-corrected chi connectivity index (χ4v) is 5.19. The third-order valence-corrected chi connectivity index (χ3v) is 7.52. The van der Waals surface area contributed by atoms with Crippen LogP contribution in [0.1, 0.15) is 23.6 Å². The molecule has 2 aromatic heterocycles. The number of nitrogens with zero attached hydrogens (tertiary/aromatic N) is 5. The van der Waals surface area contributed by atoms with Crippen LogP contribution in [0.25, 0.3) is 22.4 Å². The Hall–Kier alpha value is -3.62. The maximum atomic E-state index is 14.0. The highest BCUT2D eigenvalue weighted by molar-refractivity contribution is 9.10. The third kappa shape index (κ3) is 4.74. The van der Waals surface area contributed by atoms with Crippen molar-refractivity contribution < 1.29 is 4.79 Å². The van der Waals surface area contributed by atoms with Crippen LogP contribution >= 0.6 is 31.9 Å². The number of amides is 1. The summed E-state index contributed by atoms with van der Waals surface area (Å²) >= 11 is 7.02. The van der Waals surface area contributed by atoms with Gasteiger partial charge in [0.15, 0.2) is 0 Å². The molecule has 1 amide bonds. The SMILES string of the molecule is O=C(Cn1c(-c2cccnc2)nc2ccccc21)N1N=C(c2ccc(Br)cc2)CC1c1ccc(Br)cc1. The first-order chi connectivity index (χ1) is 18.1. The second-order valence-corrected chi connectivity index (χ2v) is 10.6. The Kier molecular flexibility index (Phi) is 6.44. The fraction of sp³-hybridized carbons (Fsp3) is 0.103. The molecule has 6 rings (SSSR count). The lowest BCUT2D eigenvalue weighted by atomic mass is 9.98. The molecule has 0 saturated carbocycles. The molecule has 3 heterocycles. The van der Waals surface area contributed by atoms with Crippen LogP contribution in [0, 0.1) is 0 Å². The van der Waals surface area contributed by atoms with Crippen molar-refractivity contribution in [2.45, 2.75) is 19.0 Å². The Morgan fingerprint density at radius 3 is 2.32 bits per heavy atom. The first kappa shape index (κ1) is 23.8. The molecule has 1 aliphatic rings. The summed E-state index contributed by atoms with van der Waals surface area (Å²) in [5.41, 5.74) is 5.51. The van der Waals surface area contributed by atoms with Crippen LogP contribution in [-0.4, -0.2) is 31.2 Å². The van der Waals surface area contributed by atoms with Crippen LogP contribution in [0.4, 0.5) is 0 Å². The number of carbonyl (C=O) groups is 1. The number of rotatable bonds is 5. The zero-order chi connectivity index (χ0) is 25.4.